The molecule has 1 heterocycles. The Morgan fingerprint density at radius 1 is 1.42 bits per heavy atom. The van der Waals surface area contributed by atoms with Gasteiger partial charge in [0.05, 0.1) is 0 Å². The highest BCUT2D eigenvalue weighted by Crippen LogP contribution is 2.24. The number of nitrogens with one attached hydrogen (secondary N) is 1. The Kier molecular flexibility index (Phi) is 6.10. The van der Waals surface area contributed by atoms with Gasteiger partial charge < -0.3 is 15.0 Å². The minimum atomic E-state index is -4.68. The number of hydrogen-bond donors (Lipinski definition) is 1. The number of piperidine rings is 1. The molecular weight excluding hydrogens is 321 g/mol. The fourth-order valence-corrected chi connectivity index (χ4v) is 3.00. The molecule has 0 saturated carbocycles. The number of halogens is 3. The van der Waals surface area contributed by atoms with E-state index in [-0.39, 0.29) is 17.7 Å². The topological polar surface area (TPSA) is 41.6 Å². The smallest absolute Gasteiger partial charge is 0.406 e. The molecule has 0 aliphatic carbocycles. The predicted molar refractivity (Wildman–Crippen MR) is 84.4 cm³/mol. The number of benzene rings is 1. The highest BCUT2D eigenvalue weighted by atomic mass is 19.4. The van der Waals surface area contributed by atoms with E-state index >= 15 is 0 Å². The van der Waals surface area contributed by atoms with Gasteiger partial charge in [0.15, 0.2) is 0 Å². The Labute approximate surface area is 140 Å². The van der Waals surface area contributed by atoms with Gasteiger partial charge >= 0.3 is 6.36 Å². The maximum atomic E-state index is 12.3. The van der Waals surface area contributed by atoms with Crippen LogP contribution in [0.1, 0.15) is 32.3 Å². The molecule has 0 aromatic heterocycles. The van der Waals surface area contributed by atoms with Crippen LogP contribution in [0.25, 0.3) is 0 Å². The van der Waals surface area contributed by atoms with E-state index in [0.717, 1.165) is 12.0 Å². The van der Waals surface area contributed by atoms with Gasteiger partial charge in [-0.15, -0.1) is 13.2 Å². The molecule has 4 nitrogen and oxygen atoms in total. The summed E-state index contributed by atoms with van der Waals surface area (Å²) < 4.78 is 40.7. The van der Waals surface area contributed by atoms with Crippen molar-refractivity contribution in [1.29, 1.82) is 0 Å². The van der Waals surface area contributed by atoms with Crippen LogP contribution in [0.5, 0.6) is 5.75 Å². The van der Waals surface area contributed by atoms with Gasteiger partial charge in [0.25, 0.3) is 0 Å². The lowest BCUT2D eigenvalue weighted by molar-refractivity contribution is -0.274. The molecule has 134 valence electrons. The molecule has 1 saturated heterocycles. The minimum Gasteiger partial charge on any atom is -0.406 e. The van der Waals surface area contributed by atoms with E-state index in [1.165, 1.54) is 12.1 Å². The monoisotopic (exact) mass is 344 g/mol. The van der Waals surface area contributed by atoms with Crippen LogP contribution in [0, 0.1) is 5.92 Å². The molecule has 0 spiro atoms. The molecule has 2 rings (SSSR count). The van der Waals surface area contributed by atoms with E-state index in [2.05, 4.69) is 17.0 Å². The van der Waals surface area contributed by atoms with E-state index in [4.69, 9.17) is 0 Å². The van der Waals surface area contributed by atoms with Gasteiger partial charge in [0.1, 0.15) is 5.75 Å². The quantitative estimate of drug-likeness (QED) is 0.891. The third-order valence-corrected chi connectivity index (χ3v) is 4.26. The largest absolute Gasteiger partial charge is 0.573 e. The highest BCUT2D eigenvalue weighted by molar-refractivity contribution is 5.75. The number of alkyl halides is 3. The molecular formula is C17H23F3N2O2. The molecule has 2 atom stereocenters. The Morgan fingerprint density at radius 2 is 2.17 bits per heavy atom. The summed E-state index contributed by atoms with van der Waals surface area (Å²) in [5.74, 6) is 0.249. The van der Waals surface area contributed by atoms with Crippen molar-refractivity contribution in [3.05, 3.63) is 29.8 Å². The number of ether oxygens (including phenoxy) is 1. The van der Waals surface area contributed by atoms with Gasteiger partial charge in [0.2, 0.25) is 5.91 Å². The number of likely N-dealkylation sites (tertiary alicyclic amines) is 1. The first-order chi connectivity index (χ1) is 11.3. The average Bonchev–Trinajstić information content (AvgIpc) is 2.51. The van der Waals surface area contributed by atoms with E-state index < -0.39 is 6.36 Å². The third kappa shape index (κ3) is 5.40. The lowest BCUT2D eigenvalue weighted by atomic mass is 9.93. The summed E-state index contributed by atoms with van der Waals surface area (Å²) in [5.41, 5.74) is 0.732. The molecule has 1 aliphatic rings. The summed E-state index contributed by atoms with van der Waals surface area (Å²) >= 11 is 0. The second kappa shape index (κ2) is 7.88. The predicted octanol–water partition coefficient (Wildman–Crippen LogP) is 3.32. The van der Waals surface area contributed by atoms with Crippen molar-refractivity contribution in [3.63, 3.8) is 0 Å². The van der Waals surface area contributed by atoms with E-state index in [1.54, 1.807) is 12.1 Å². The van der Waals surface area contributed by atoms with Crippen LogP contribution in [0.15, 0.2) is 24.3 Å². The van der Waals surface area contributed by atoms with Gasteiger partial charge in [-0.1, -0.05) is 26.0 Å². The summed E-state index contributed by atoms with van der Waals surface area (Å²) in [4.78, 5) is 13.6. The first kappa shape index (κ1) is 18.6. The van der Waals surface area contributed by atoms with Gasteiger partial charge in [0, 0.05) is 32.1 Å². The molecule has 1 aliphatic heterocycles. The van der Waals surface area contributed by atoms with Crippen LogP contribution in [0.3, 0.4) is 0 Å². The second-order valence-electron chi connectivity index (χ2n) is 6.14. The molecule has 1 fully saturated rings. The maximum absolute atomic E-state index is 12.3. The van der Waals surface area contributed by atoms with Crippen molar-refractivity contribution >= 4 is 5.91 Å². The van der Waals surface area contributed by atoms with Gasteiger partial charge in [-0.2, -0.15) is 0 Å². The Bertz CT molecular complexity index is 563. The summed E-state index contributed by atoms with van der Waals surface area (Å²) in [5, 5.41) is 3.38. The number of hydrogen-bond acceptors (Lipinski definition) is 3. The first-order valence-corrected chi connectivity index (χ1v) is 8.14. The molecule has 1 aromatic carbocycles. The van der Waals surface area contributed by atoms with Crippen LogP contribution in [0.2, 0.25) is 0 Å². The molecule has 0 bridgehead atoms. The van der Waals surface area contributed by atoms with Crippen LogP contribution < -0.4 is 10.1 Å². The van der Waals surface area contributed by atoms with Crippen molar-refractivity contribution in [2.45, 2.75) is 45.6 Å². The highest BCUT2D eigenvalue weighted by Gasteiger charge is 2.31. The van der Waals surface area contributed by atoms with Crippen molar-refractivity contribution in [2.24, 2.45) is 5.92 Å². The molecule has 1 N–H and O–H groups in total. The normalized spacial score (nSPS) is 21.6. The van der Waals surface area contributed by atoms with E-state index in [0.29, 0.717) is 32.0 Å². The number of carbonyl (C=O) groups excluding carboxylic acids is 1. The fraction of sp³-hybridized carbons (Fsp3) is 0.588. The van der Waals surface area contributed by atoms with E-state index in [9.17, 15) is 18.0 Å². The Hall–Kier alpha value is -1.76. The van der Waals surface area contributed by atoms with Gasteiger partial charge in [-0.3, -0.25) is 4.79 Å². The summed E-state index contributed by atoms with van der Waals surface area (Å²) in [6, 6.07) is 6.22. The fourth-order valence-electron chi connectivity index (χ4n) is 3.00. The SMILES string of the molecule is CCC(=O)N1CC[C@H](NCc2cccc(OC(F)(F)F)c2)[C@@H](C)C1. The van der Waals surface area contributed by atoms with Crippen LogP contribution in [-0.4, -0.2) is 36.3 Å². The Morgan fingerprint density at radius 3 is 2.79 bits per heavy atom. The van der Waals surface area contributed by atoms with Crippen LogP contribution in [-0.2, 0) is 11.3 Å². The molecule has 0 unspecified atom stereocenters. The second-order valence-corrected chi connectivity index (χ2v) is 6.14. The minimum absolute atomic E-state index is 0.164. The number of nitrogens with zero attached hydrogens (tertiary/aromatic N) is 1. The summed E-state index contributed by atoms with van der Waals surface area (Å²) in [7, 11) is 0. The van der Waals surface area contributed by atoms with Crippen molar-refractivity contribution < 1.29 is 22.7 Å². The van der Waals surface area contributed by atoms with Crippen LogP contribution in [0.4, 0.5) is 13.2 Å². The van der Waals surface area contributed by atoms with E-state index in [1.807, 2.05) is 11.8 Å². The molecule has 1 amide bonds. The summed E-state index contributed by atoms with van der Waals surface area (Å²) in [6.45, 7) is 5.82. The van der Waals surface area contributed by atoms with Crippen molar-refractivity contribution in [2.75, 3.05) is 13.1 Å². The zero-order valence-corrected chi connectivity index (χ0v) is 13.9. The zero-order chi connectivity index (χ0) is 17.7. The number of carbonyl (C=O) groups is 1. The first-order valence-electron chi connectivity index (χ1n) is 8.14. The van der Waals surface area contributed by atoms with Crippen molar-refractivity contribution in [1.82, 2.24) is 10.2 Å². The van der Waals surface area contributed by atoms with Crippen molar-refractivity contribution in [3.8, 4) is 5.75 Å². The lowest BCUT2D eigenvalue weighted by Gasteiger charge is -2.37. The molecule has 24 heavy (non-hydrogen) atoms. The summed E-state index contributed by atoms with van der Waals surface area (Å²) in [6.07, 6.45) is -3.33. The van der Waals surface area contributed by atoms with Crippen LogP contribution >= 0.6 is 0 Å². The third-order valence-electron chi connectivity index (χ3n) is 4.26. The lowest BCUT2D eigenvalue weighted by Crippen LogP contribution is -2.49. The average molecular weight is 344 g/mol. The van der Waals surface area contributed by atoms with Gasteiger partial charge in [-0.05, 0) is 30.0 Å². The molecule has 0 radical (unpaired) electrons. The maximum Gasteiger partial charge on any atom is 0.573 e. The molecule has 1 aromatic rings. The zero-order valence-electron chi connectivity index (χ0n) is 13.9. The number of amides is 1. The Balaban J connectivity index is 1.88. The number of rotatable bonds is 5. The van der Waals surface area contributed by atoms with Gasteiger partial charge in [-0.25, -0.2) is 0 Å². The molecule has 7 heteroatoms. The standard InChI is InChI=1S/C17H23F3N2O2/c1-3-16(23)22-8-7-15(12(2)11-22)21-10-13-5-4-6-14(9-13)24-17(18,19)20/h4-6,9,12,15,21H,3,7-8,10-11H2,1-2H3/t12-,15-/m0/s1.